The molecule has 0 radical (unpaired) electrons. The standard InChI is InChI=1S/C18H27N3O4S.ClH/c1-19-14-15-6-8-21(9-7-15)26(23,24)17-4-2-16(3-5-17)18(22)20-10-12-25-13-11-20;/h2-5,15,19H,6-14H2,1H3;1H. The minimum atomic E-state index is -3.50. The zero-order chi connectivity index (χ0) is 18.6. The van der Waals surface area contributed by atoms with Crippen LogP contribution < -0.4 is 5.32 Å². The van der Waals surface area contributed by atoms with E-state index >= 15 is 0 Å². The molecule has 0 saturated carbocycles. The Morgan fingerprint density at radius 2 is 1.70 bits per heavy atom. The van der Waals surface area contributed by atoms with Crippen LogP contribution in [0.5, 0.6) is 0 Å². The lowest BCUT2D eigenvalue weighted by molar-refractivity contribution is 0.0303. The molecule has 2 aliphatic rings. The SMILES string of the molecule is CNCC1CCN(S(=O)(=O)c2ccc(C(=O)N3CCOCC3)cc2)CC1.Cl. The predicted octanol–water partition coefficient (Wildman–Crippen LogP) is 1.20. The van der Waals surface area contributed by atoms with Crippen molar-refractivity contribution in [1.82, 2.24) is 14.5 Å². The molecular weight excluding hydrogens is 390 g/mol. The van der Waals surface area contributed by atoms with Gasteiger partial charge in [-0.15, -0.1) is 12.4 Å². The number of hydrogen-bond donors (Lipinski definition) is 1. The van der Waals surface area contributed by atoms with E-state index in [2.05, 4.69) is 5.32 Å². The van der Waals surface area contributed by atoms with E-state index in [9.17, 15) is 13.2 Å². The van der Waals surface area contributed by atoms with Crippen molar-refractivity contribution in [3.8, 4) is 0 Å². The number of morpholine rings is 1. The number of carbonyl (C=O) groups excluding carboxylic acids is 1. The second kappa shape index (κ2) is 9.84. The highest BCUT2D eigenvalue weighted by Crippen LogP contribution is 2.24. The van der Waals surface area contributed by atoms with E-state index in [0.29, 0.717) is 50.9 Å². The number of hydrogen-bond acceptors (Lipinski definition) is 5. The first-order valence-corrected chi connectivity index (χ1v) is 10.6. The zero-order valence-electron chi connectivity index (χ0n) is 15.6. The largest absolute Gasteiger partial charge is 0.378 e. The summed E-state index contributed by atoms with van der Waals surface area (Å²) in [6, 6.07) is 6.31. The quantitative estimate of drug-likeness (QED) is 0.778. The fraction of sp³-hybridized carbons (Fsp3) is 0.611. The van der Waals surface area contributed by atoms with Gasteiger partial charge >= 0.3 is 0 Å². The van der Waals surface area contributed by atoms with Gasteiger partial charge in [-0.1, -0.05) is 0 Å². The number of rotatable bonds is 5. The second-order valence-corrected chi connectivity index (χ2v) is 8.77. The summed E-state index contributed by atoms with van der Waals surface area (Å²) in [5.74, 6) is 0.449. The zero-order valence-corrected chi connectivity index (χ0v) is 17.2. The highest BCUT2D eigenvalue weighted by molar-refractivity contribution is 7.89. The summed E-state index contributed by atoms with van der Waals surface area (Å²) in [4.78, 5) is 14.5. The third-order valence-electron chi connectivity index (χ3n) is 5.10. The van der Waals surface area contributed by atoms with Gasteiger partial charge in [0.15, 0.2) is 0 Å². The maximum Gasteiger partial charge on any atom is 0.254 e. The Morgan fingerprint density at radius 1 is 1.11 bits per heavy atom. The summed E-state index contributed by atoms with van der Waals surface area (Å²) in [5.41, 5.74) is 0.513. The van der Waals surface area contributed by atoms with Gasteiger partial charge in [0, 0.05) is 31.7 Å². The normalized spacial score (nSPS) is 19.5. The number of nitrogens with one attached hydrogen (secondary N) is 1. The molecule has 1 amide bonds. The molecule has 152 valence electrons. The lowest BCUT2D eigenvalue weighted by Gasteiger charge is -2.31. The monoisotopic (exact) mass is 417 g/mol. The summed E-state index contributed by atoms with van der Waals surface area (Å²) in [6.07, 6.45) is 1.74. The molecule has 0 aliphatic carbocycles. The van der Waals surface area contributed by atoms with Gasteiger partial charge in [-0.05, 0) is 56.6 Å². The molecule has 7 nitrogen and oxygen atoms in total. The van der Waals surface area contributed by atoms with Crippen LogP contribution in [0.2, 0.25) is 0 Å². The number of sulfonamides is 1. The van der Waals surface area contributed by atoms with E-state index < -0.39 is 10.0 Å². The van der Waals surface area contributed by atoms with Crippen molar-refractivity contribution >= 4 is 28.3 Å². The van der Waals surface area contributed by atoms with Gasteiger partial charge in [-0.25, -0.2) is 8.42 Å². The summed E-state index contributed by atoms with van der Waals surface area (Å²) in [6.45, 7) is 4.24. The highest BCUT2D eigenvalue weighted by atomic mass is 35.5. The number of ether oxygens (including phenoxy) is 1. The molecule has 2 aliphatic heterocycles. The second-order valence-electron chi connectivity index (χ2n) is 6.83. The van der Waals surface area contributed by atoms with Gasteiger partial charge in [0.1, 0.15) is 0 Å². The van der Waals surface area contributed by atoms with E-state index in [0.717, 1.165) is 19.4 Å². The number of carbonyl (C=O) groups is 1. The average molecular weight is 418 g/mol. The van der Waals surface area contributed by atoms with Crippen molar-refractivity contribution in [1.29, 1.82) is 0 Å². The van der Waals surface area contributed by atoms with Crippen LogP contribution in [0.15, 0.2) is 29.2 Å². The minimum Gasteiger partial charge on any atom is -0.378 e. The van der Waals surface area contributed by atoms with Gasteiger partial charge in [0.25, 0.3) is 5.91 Å². The van der Waals surface area contributed by atoms with E-state index in [1.54, 1.807) is 33.5 Å². The van der Waals surface area contributed by atoms with Gasteiger partial charge in [-0.2, -0.15) is 4.31 Å². The Labute approximate surface area is 167 Å². The number of nitrogens with zero attached hydrogens (tertiary/aromatic N) is 2. The molecule has 0 spiro atoms. The highest BCUT2D eigenvalue weighted by Gasteiger charge is 2.29. The first-order chi connectivity index (χ1) is 12.5. The van der Waals surface area contributed by atoms with Crippen LogP contribution in [-0.4, -0.2) is 76.5 Å². The van der Waals surface area contributed by atoms with Crippen molar-refractivity contribution in [3.63, 3.8) is 0 Å². The van der Waals surface area contributed by atoms with Gasteiger partial charge in [0.2, 0.25) is 10.0 Å². The molecule has 2 saturated heterocycles. The molecular formula is C18H28ClN3O4S. The molecule has 2 fully saturated rings. The maximum absolute atomic E-state index is 12.8. The van der Waals surface area contributed by atoms with Crippen molar-refractivity contribution in [3.05, 3.63) is 29.8 Å². The lowest BCUT2D eigenvalue weighted by atomic mass is 9.98. The van der Waals surface area contributed by atoms with Crippen molar-refractivity contribution in [2.45, 2.75) is 17.7 Å². The Morgan fingerprint density at radius 3 is 2.26 bits per heavy atom. The van der Waals surface area contributed by atoms with Crippen molar-refractivity contribution in [2.75, 3.05) is 53.0 Å². The smallest absolute Gasteiger partial charge is 0.254 e. The summed E-state index contributed by atoms with van der Waals surface area (Å²) in [5, 5.41) is 3.15. The van der Waals surface area contributed by atoms with Crippen LogP contribution in [0.1, 0.15) is 23.2 Å². The average Bonchev–Trinajstić information content (AvgIpc) is 2.69. The first-order valence-electron chi connectivity index (χ1n) is 9.14. The molecule has 1 aromatic carbocycles. The number of halogens is 1. The molecule has 27 heavy (non-hydrogen) atoms. The van der Waals surface area contributed by atoms with Crippen molar-refractivity contribution in [2.24, 2.45) is 5.92 Å². The molecule has 2 heterocycles. The molecule has 0 aromatic heterocycles. The van der Waals surface area contributed by atoms with E-state index in [1.165, 1.54) is 0 Å². The van der Waals surface area contributed by atoms with E-state index in [-0.39, 0.29) is 23.2 Å². The van der Waals surface area contributed by atoms with E-state index in [1.807, 2.05) is 7.05 Å². The van der Waals surface area contributed by atoms with Gasteiger partial charge in [-0.3, -0.25) is 4.79 Å². The van der Waals surface area contributed by atoms with E-state index in [4.69, 9.17) is 4.74 Å². The Bertz CT molecular complexity index is 713. The molecule has 1 N–H and O–H groups in total. The van der Waals surface area contributed by atoms with Crippen LogP contribution in [0, 0.1) is 5.92 Å². The summed E-state index contributed by atoms with van der Waals surface area (Å²) < 4.78 is 32.5. The third-order valence-corrected chi connectivity index (χ3v) is 7.02. The van der Waals surface area contributed by atoms with Crippen molar-refractivity contribution < 1.29 is 17.9 Å². The topological polar surface area (TPSA) is 79.0 Å². The first kappa shape index (κ1) is 22.1. The van der Waals surface area contributed by atoms with Gasteiger partial charge in [0.05, 0.1) is 18.1 Å². The summed E-state index contributed by atoms with van der Waals surface area (Å²) in [7, 11) is -1.58. The Kier molecular flexibility index (Phi) is 8.05. The van der Waals surface area contributed by atoms with Gasteiger partial charge < -0.3 is 15.0 Å². The van der Waals surface area contributed by atoms with Crippen LogP contribution in [0.3, 0.4) is 0 Å². The number of benzene rings is 1. The predicted molar refractivity (Wildman–Crippen MR) is 106 cm³/mol. The maximum atomic E-state index is 12.8. The molecule has 0 unspecified atom stereocenters. The fourth-order valence-corrected chi connectivity index (χ4v) is 4.98. The minimum absolute atomic E-state index is 0. The number of piperidine rings is 1. The third kappa shape index (κ3) is 5.20. The van der Waals surface area contributed by atoms with Crippen LogP contribution in [0.25, 0.3) is 0 Å². The van der Waals surface area contributed by atoms with Crippen LogP contribution in [0.4, 0.5) is 0 Å². The number of amides is 1. The van der Waals surface area contributed by atoms with Crippen LogP contribution in [-0.2, 0) is 14.8 Å². The molecule has 1 aromatic rings. The molecule has 3 rings (SSSR count). The molecule has 0 bridgehead atoms. The summed E-state index contributed by atoms with van der Waals surface area (Å²) >= 11 is 0. The Hall–Kier alpha value is -1.19. The Balaban J connectivity index is 0.00000261. The molecule has 0 atom stereocenters. The molecule has 9 heteroatoms. The fourth-order valence-electron chi connectivity index (χ4n) is 3.51. The lowest BCUT2D eigenvalue weighted by Crippen LogP contribution is -2.41. The van der Waals surface area contributed by atoms with Crippen LogP contribution >= 0.6 is 12.4 Å².